The SMILES string of the molecule is CCC(C)(C)C1CCC(C#N)C(N2CCN(C)CC2C)C1. The minimum atomic E-state index is 0.236. The average molecular weight is 291 g/mol. The molecule has 0 aromatic rings. The third-order valence-corrected chi connectivity index (χ3v) is 6.31. The number of hydrogen-bond donors (Lipinski definition) is 0. The molecular formula is C18H33N3. The normalized spacial score (nSPS) is 36.4. The maximum Gasteiger partial charge on any atom is 0.0672 e. The second-order valence-electron chi connectivity index (χ2n) is 8.00. The van der Waals surface area contributed by atoms with E-state index in [1.165, 1.54) is 19.3 Å². The quantitative estimate of drug-likeness (QED) is 0.798. The molecule has 2 aliphatic rings. The van der Waals surface area contributed by atoms with Crippen LogP contribution < -0.4 is 0 Å². The van der Waals surface area contributed by atoms with Gasteiger partial charge in [-0.3, -0.25) is 4.90 Å². The fraction of sp³-hybridized carbons (Fsp3) is 0.944. The number of likely N-dealkylation sites (N-methyl/N-ethyl adjacent to an activating group) is 1. The maximum absolute atomic E-state index is 9.59. The summed E-state index contributed by atoms with van der Waals surface area (Å²) in [5.41, 5.74) is 0.411. The monoisotopic (exact) mass is 291 g/mol. The Hall–Kier alpha value is -0.590. The van der Waals surface area contributed by atoms with E-state index in [2.05, 4.69) is 50.6 Å². The molecule has 1 saturated heterocycles. The molecule has 0 aromatic carbocycles. The standard InChI is InChI=1S/C18H33N3/c1-6-18(3,4)16-8-7-15(12-19)17(11-16)21-10-9-20(5)13-14(21)2/h14-17H,6-11,13H2,1-5H3. The summed E-state index contributed by atoms with van der Waals surface area (Å²) < 4.78 is 0. The van der Waals surface area contributed by atoms with Crippen LogP contribution in [-0.4, -0.2) is 48.6 Å². The van der Waals surface area contributed by atoms with Crippen LogP contribution in [0.15, 0.2) is 0 Å². The lowest BCUT2D eigenvalue weighted by molar-refractivity contribution is -0.000751. The maximum atomic E-state index is 9.59. The van der Waals surface area contributed by atoms with Crippen LogP contribution in [0.2, 0.25) is 0 Å². The Morgan fingerprint density at radius 1 is 1.24 bits per heavy atom. The molecule has 0 N–H and O–H groups in total. The predicted molar refractivity (Wildman–Crippen MR) is 88.0 cm³/mol. The Balaban J connectivity index is 2.12. The summed E-state index contributed by atoms with van der Waals surface area (Å²) in [4.78, 5) is 5.06. The van der Waals surface area contributed by atoms with Gasteiger partial charge in [0, 0.05) is 31.7 Å². The van der Waals surface area contributed by atoms with E-state index in [4.69, 9.17) is 0 Å². The van der Waals surface area contributed by atoms with Crippen molar-refractivity contribution >= 4 is 0 Å². The molecule has 0 bridgehead atoms. The zero-order chi connectivity index (χ0) is 15.6. The number of hydrogen-bond acceptors (Lipinski definition) is 3. The van der Waals surface area contributed by atoms with Crippen LogP contribution in [-0.2, 0) is 0 Å². The highest BCUT2D eigenvalue weighted by Crippen LogP contribution is 2.44. The highest BCUT2D eigenvalue weighted by molar-refractivity contribution is 5.01. The number of piperazine rings is 1. The first-order valence-corrected chi connectivity index (χ1v) is 8.73. The molecule has 4 unspecified atom stereocenters. The van der Waals surface area contributed by atoms with E-state index >= 15 is 0 Å². The summed E-state index contributed by atoms with van der Waals surface area (Å²) in [5, 5.41) is 9.59. The van der Waals surface area contributed by atoms with Gasteiger partial charge in [-0.15, -0.1) is 0 Å². The van der Waals surface area contributed by atoms with E-state index in [0.29, 0.717) is 17.5 Å². The van der Waals surface area contributed by atoms with Crippen LogP contribution in [0.25, 0.3) is 0 Å². The van der Waals surface area contributed by atoms with Crippen molar-refractivity contribution in [2.75, 3.05) is 26.7 Å². The van der Waals surface area contributed by atoms with Crippen molar-refractivity contribution in [3.63, 3.8) is 0 Å². The fourth-order valence-corrected chi connectivity index (χ4v) is 4.31. The molecule has 21 heavy (non-hydrogen) atoms. The van der Waals surface area contributed by atoms with Gasteiger partial charge in [-0.25, -0.2) is 0 Å². The van der Waals surface area contributed by atoms with Gasteiger partial charge in [-0.1, -0.05) is 27.2 Å². The molecule has 1 saturated carbocycles. The minimum Gasteiger partial charge on any atom is -0.304 e. The molecular weight excluding hydrogens is 258 g/mol. The molecule has 2 rings (SSSR count). The first kappa shape index (κ1) is 16.8. The molecule has 3 heteroatoms. The van der Waals surface area contributed by atoms with Crippen molar-refractivity contribution < 1.29 is 0 Å². The van der Waals surface area contributed by atoms with Gasteiger partial charge in [0.1, 0.15) is 0 Å². The van der Waals surface area contributed by atoms with Crippen LogP contribution in [0.3, 0.4) is 0 Å². The molecule has 1 aliphatic carbocycles. The van der Waals surface area contributed by atoms with Gasteiger partial charge in [0.05, 0.1) is 12.0 Å². The number of nitrogens with zero attached hydrogens (tertiary/aromatic N) is 3. The topological polar surface area (TPSA) is 30.3 Å². The first-order chi connectivity index (χ1) is 9.89. The van der Waals surface area contributed by atoms with Crippen LogP contribution in [0, 0.1) is 28.6 Å². The van der Waals surface area contributed by atoms with Gasteiger partial charge in [-0.2, -0.15) is 5.26 Å². The van der Waals surface area contributed by atoms with Crippen LogP contribution in [0.5, 0.6) is 0 Å². The van der Waals surface area contributed by atoms with Crippen molar-refractivity contribution in [1.82, 2.24) is 9.80 Å². The lowest BCUT2D eigenvalue weighted by Gasteiger charge is -2.49. The Labute approximate surface area is 131 Å². The highest BCUT2D eigenvalue weighted by Gasteiger charge is 2.41. The smallest absolute Gasteiger partial charge is 0.0672 e. The van der Waals surface area contributed by atoms with Gasteiger partial charge < -0.3 is 4.90 Å². The summed E-state index contributed by atoms with van der Waals surface area (Å²) in [7, 11) is 2.21. The second-order valence-corrected chi connectivity index (χ2v) is 8.00. The molecule has 4 atom stereocenters. The van der Waals surface area contributed by atoms with Crippen LogP contribution in [0.1, 0.15) is 53.4 Å². The summed E-state index contributed by atoms with van der Waals surface area (Å²) in [6.07, 6.45) is 4.78. The van der Waals surface area contributed by atoms with E-state index in [1.807, 2.05) is 0 Å². The zero-order valence-electron chi connectivity index (χ0n) is 14.6. The molecule has 2 fully saturated rings. The van der Waals surface area contributed by atoms with Crippen LogP contribution >= 0.6 is 0 Å². The third-order valence-electron chi connectivity index (χ3n) is 6.31. The molecule has 0 amide bonds. The minimum absolute atomic E-state index is 0.236. The van der Waals surface area contributed by atoms with Gasteiger partial charge in [0.15, 0.2) is 0 Å². The van der Waals surface area contributed by atoms with Gasteiger partial charge in [0.25, 0.3) is 0 Å². The van der Waals surface area contributed by atoms with Gasteiger partial charge in [-0.05, 0) is 44.6 Å². The van der Waals surface area contributed by atoms with Gasteiger partial charge in [0.2, 0.25) is 0 Å². The highest BCUT2D eigenvalue weighted by atomic mass is 15.3. The Morgan fingerprint density at radius 3 is 2.52 bits per heavy atom. The van der Waals surface area contributed by atoms with E-state index in [0.717, 1.165) is 32.0 Å². The molecule has 3 nitrogen and oxygen atoms in total. The molecule has 1 heterocycles. The number of nitriles is 1. The molecule has 120 valence electrons. The Bertz CT molecular complexity index is 384. The zero-order valence-corrected chi connectivity index (χ0v) is 14.6. The van der Waals surface area contributed by atoms with Crippen molar-refractivity contribution in [3.05, 3.63) is 0 Å². The van der Waals surface area contributed by atoms with Gasteiger partial charge >= 0.3 is 0 Å². The summed E-state index contributed by atoms with van der Waals surface area (Å²) in [6, 6.07) is 3.67. The molecule has 0 radical (unpaired) electrons. The lowest BCUT2D eigenvalue weighted by atomic mass is 9.65. The summed E-state index contributed by atoms with van der Waals surface area (Å²) in [5.74, 6) is 1.00. The van der Waals surface area contributed by atoms with E-state index in [9.17, 15) is 5.26 Å². The molecule has 0 spiro atoms. The molecule has 1 aliphatic heterocycles. The van der Waals surface area contributed by atoms with E-state index < -0.39 is 0 Å². The second kappa shape index (κ2) is 6.67. The first-order valence-electron chi connectivity index (χ1n) is 8.73. The van der Waals surface area contributed by atoms with Crippen LogP contribution in [0.4, 0.5) is 0 Å². The third kappa shape index (κ3) is 3.60. The van der Waals surface area contributed by atoms with E-state index in [1.54, 1.807) is 0 Å². The fourth-order valence-electron chi connectivity index (χ4n) is 4.31. The van der Waals surface area contributed by atoms with E-state index in [-0.39, 0.29) is 5.92 Å². The summed E-state index contributed by atoms with van der Waals surface area (Å²) >= 11 is 0. The lowest BCUT2D eigenvalue weighted by Crippen LogP contribution is -2.57. The largest absolute Gasteiger partial charge is 0.304 e. The number of rotatable bonds is 3. The summed E-state index contributed by atoms with van der Waals surface area (Å²) in [6.45, 7) is 12.9. The van der Waals surface area contributed by atoms with Crippen molar-refractivity contribution in [2.24, 2.45) is 17.3 Å². The van der Waals surface area contributed by atoms with Crippen molar-refractivity contribution in [2.45, 2.75) is 65.5 Å². The average Bonchev–Trinajstić information content (AvgIpc) is 2.46. The van der Waals surface area contributed by atoms with Crippen molar-refractivity contribution in [3.8, 4) is 6.07 Å². The molecule has 0 aromatic heterocycles. The predicted octanol–water partition coefficient (Wildman–Crippen LogP) is 3.37. The Kier molecular flexibility index (Phi) is 5.33. The Morgan fingerprint density at radius 2 is 1.95 bits per heavy atom. The van der Waals surface area contributed by atoms with Crippen molar-refractivity contribution in [1.29, 1.82) is 5.26 Å².